The summed E-state index contributed by atoms with van der Waals surface area (Å²) in [6, 6.07) is 9.97. The Balaban J connectivity index is 1.40. The van der Waals surface area contributed by atoms with E-state index in [1.807, 2.05) is 52.7 Å². The lowest BCUT2D eigenvalue weighted by molar-refractivity contribution is 0.410. The number of methoxy groups -OCH3 is 1. The molecule has 3 aromatic heterocycles. The molecule has 0 spiro atoms. The van der Waals surface area contributed by atoms with Crippen molar-refractivity contribution in [1.29, 1.82) is 0 Å². The average Bonchev–Trinajstić information content (AvgIpc) is 3.43. The minimum absolute atomic E-state index is 0.232. The van der Waals surface area contributed by atoms with E-state index in [0.29, 0.717) is 17.4 Å². The second kappa shape index (κ2) is 8.59. The Kier molecular flexibility index (Phi) is 5.49. The van der Waals surface area contributed by atoms with Crippen molar-refractivity contribution in [2.75, 3.05) is 7.11 Å². The highest BCUT2D eigenvalue weighted by Crippen LogP contribution is 2.33. The topological polar surface area (TPSA) is 70.7 Å². The first kappa shape index (κ1) is 20.5. The van der Waals surface area contributed by atoms with Crippen LogP contribution >= 0.6 is 11.6 Å². The van der Waals surface area contributed by atoms with E-state index >= 15 is 0 Å². The van der Waals surface area contributed by atoms with Crippen LogP contribution in [0.5, 0.6) is 5.75 Å². The van der Waals surface area contributed by atoms with Crippen LogP contribution < -0.4 is 4.74 Å². The maximum Gasteiger partial charge on any atom is 0.180 e. The third-order valence-electron chi connectivity index (χ3n) is 5.62. The highest BCUT2D eigenvalue weighted by molar-refractivity contribution is 6.30. The number of hydrogen-bond acceptors (Lipinski definition) is 5. The maximum absolute atomic E-state index is 6.06. The number of aryl methyl sites for hydroxylation is 2. The van der Waals surface area contributed by atoms with Crippen molar-refractivity contribution in [3.8, 4) is 11.6 Å². The molecule has 7 nitrogen and oxygen atoms in total. The van der Waals surface area contributed by atoms with Gasteiger partial charge in [0, 0.05) is 29.9 Å². The third-order valence-corrected chi connectivity index (χ3v) is 5.87. The zero-order valence-corrected chi connectivity index (χ0v) is 18.7. The van der Waals surface area contributed by atoms with Gasteiger partial charge in [-0.1, -0.05) is 23.7 Å². The Bertz CT molecular complexity index is 1270. The van der Waals surface area contributed by atoms with Gasteiger partial charge in [-0.2, -0.15) is 5.10 Å². The number of ether oxygens (including phenoxy) is 1. The molecule has 4 heterocycles. The van der Waals surface area contributed by atoms with Gasteiger partial charge in [0.1, 0.15) is 12.2 Å². The van der Waals surface area contributed by atoms with E-state index in [2.05, 4.69) is 22.1 Å². The Labute approximate surface area is 191 Å². The smallest absolute Gasteiger partial charge is 0.180 e. The number of rotatable bonds is 5. The molecule has 5 rings (SSSR count). The predicted molar refractivity (Wildman–Crippen MR) is 124 cm³/mol. The fourth-order valence-electron chi connectivity index (χ4n) is 4.05. The van der Waals surface area contributed by atoms with Crippen molar-refractivity contribution in [1.82, 2.24) is 29.3 Å². The highest BCUT2D eigenvalue weighted by Gasteiger charge is 2.25. The molecule has 4 aromatic rings. The number of benzene rings is 1. The zero-order chi connectivity index (χ0) is 22.1. The van der Waals surface area contributed by atoms with Gasteiger partial charge in [-0.25, -0.2) is 19.6 Å². The summed E-state index contributed by atoms with van der Waals surface area (Å²) in [6.07, 6.45) is 11.4. The molecular formula is C24H23ClN6O. The summed E-state index contributed by atoms with van der Waals surface area (Å²) in [4.78, 5) is 13.6. The standard InChI is InChI=1S/C24H23ClN6O/c1-16-14-30(15-27-16)24-21(32-2)12-17(13-26-24)5-10-22-28-23-20(4-3-11-31(23)29-22)18-6-8-19(25)9-7-18/h5-10,12-15,20H,3-4,11H2,1-2H3/t20-/m1/s1. The van der Waals surface area contributed by atoms with Crippen LogP contribution in [0.25, 0.3) is 18.0 Å². The Hall–Kier alpha value is -3.45. The molecule has 0 saturated carbocycles. The van der Waals surface area contributed by atoms with E-state index in [9.17, 15) is 0 Å². The fourth-order valence-corrected chi connectivity index (χ4v) is 4.17. The van der Waals surface area contributed by atoms with Gasteiger partial charge in [0.2, 0.25) is 0 Å². The second-order valence-corrected chi connectivity index (χ2v) is 8.28. The molecule has 32 heavy (non-hydrogen) atoms. The molecule has 0 saturated heterocycles. The Morgan fingerprint density at radius 3 is 2.75 bits per heavy atom. The predicted octanol–water partition coefficient (Wildman–Crippen LogP) is 4.93. The Morgan fingerprint density at radius 2 is 2.00 bits per heavy atom. The highest BCUT2D eigenvalue weighted by atomic mass is 35.5. The van der Waals surface area contributed by atoms with Gasteiger partial charge in [0.05, 0.1) is 12.8 Å². The Morgan fingerprint density at radius 1 is 1.16 bits per heavy atom. The molecule has 0 radical (unpaired) electrons. The van der Waals surface area contributed by atoms with Crippen LogP contribution in [-0.4, -0.2) is 36.4 Å². The van der Waals surface area contributed by atoms with E-state index in [1.165, 1.54) is 5.56 Å². The van der Waals surface area contributed by atoms with Crippen molar-refractivity contribution in [2.24, 2.45) is 0 Å². The summed E-state index contributed by atoms with van der Waals surface area (Å²) in [5, 5.41) is 5.44. The first-order valence-electron chi connectivity index (χ1n) is 10.5. The van der Waals surface area contributed by atoms with Crippen LogP contribution in [0.3, 0.4) is 0 Å². The van der Waals surface area contributed by atoms with E-state index in [1.54, 1.807) is 19.6 Å². The molecule has 0 fully saturated rings. The van der Waals surface area contributed by atoms with Crippen LogP contribution in [0.1, 0.15) is 47.2 Å². The molecule has 0 N–H and O–H groups in total. The molecule has 1 aliphatic rings. The lowest BCUT2D eigenvalue weighted by Crippen LogP contribution is -2.17. The van der Waals surface area contributed by atoms with Crippen LogP contribution in [0.4, 0.5) is 0 Å². The number of imidazole rings is 1. The van der Waals surface area contributed by atoms with Crippen LogP contribution in [0, 0.1) is 6.92 Å². The summed E-state index contributed by atoms with van der Waals surface area (Å²) in [5.74, 6) is 3.29. The van der Waals surface area contributed by atoms with Crippen LogP contribution in [0.15, 0.2) is 49.1 Å². The van der Waals surface area contributed by atoms with Gasteiger partial charge in [-0.15, -0.1) is 0 Å². The summed E-state index contributed by atoms with van der Waals surface area (Å²) in [6.45, 7) is 2.82. The van der Waals surface area contributed by atoms with Crippen molar-refractivity contribution in [3.63, 3.8) is 0 Å². The third kappa shape index (κ3) is 4.03. The molecule has 162 valence electrons. The maximum atomic E-state index is 6.06. The molecule has 8 heteroatoms. The van der Waals surface area contributed by atoms with Crippen molar-refractivity contribution >= 4 is 23.8 Å². The monoisotopic (exact) mass is 446 g/mol. The van der Waals surface area contributed by atoms with Crippen LogP contribution in [0.2, 0.25) is 5.02 Å². The van der Waals surface area contributed by atoms with Gasteiger partial charge < -0.3 is 4.74 Å². The molecular weight excluding hydrogens is 424 g/mol. The van der Waals surface area contributed by atoms with E-state index in [0.717, 1.165) is 41.5 Å². The molecule has 0 unspecified atom stereocenters. The number of fused-ring (bicyclic) bond motifs is 1. The molecule has 0 aliphatic carbocycles. The molecule has 0 amide bonds. The van der Waals surface area contributed by atoms with E-state index in [4.69, 9.17) is 26.4 Å². The molecule has 1 atom stereocenters. The number of hydrogen-bond donors (Lipinski definition) is 0. The second-order valence-electron chi connectivity index (χ2n) is 7.85. The summed E-state index contributed by atoms with van der Waals surface area (Å²) < 4.78 is 9.42. The quantitative estimate of drug-likeness (QED) is 0.435. The van der Waals surface area contributed by atoms with E-state index in [-0.39, 0.29) is 5.92 Å². The first-order chi connectivity index (χ1) is 15.6. The van der Waals surface area contributed by atoms with E-state index < -0.39 is 0 Å². The van der Waals surface area contributed by atoms with Crippen LogP contribution in [-0.2, 0) is 6.54 Å². The summed E-state index contributed by atoms with van der Waals surface area (Å²) in [5.41, 5.74) is 3.05. The van der Waals surface area contributed by atoms with Gasteiger partial charge in [0.15, 0.2) is 17.4 Å². The van der Waals surface area contributed by atoms with Crippen molar-refractivity contribution < 1.29 is 4.74 Å². The molecule has 0 bridgehead atoms. The lowest BCUT2D eigenvalue weighted by atomic mass is 9.91. The van der Waals surface area contributed by atoms with Gasteiger partial charge in [0.25, 0.3) is 0 Å². The summed E-state index contributed by atoms with van der Waals surface area (Å²) in [7, 11) is 1.64. The van der Waals surface area contributed by atoms with Gasteiger partial charge in [-0.05, 0) is 61.2 Å². The minimum Gasteiger partial charge on any atom is -0.493 e. The summed E-state index contributed by atoms with van der Waals surface area (Å²) >= 11 is 6.06. The largest absolute Gasteiger partial charge is 0.493 e. The number of halogens is 1. The number of nitrogens with zero attached hydrogens (tertiary/aromatic N) is 6. The van der Waals surface area contributed by atoms with Crippen molar-refractivity contribution in [3.05, 3.63) is 82.5 Å². The number of pyridine rings is 1. The first-order valence-corrected chi connectivity index (χ1v) is 10.9. The lowest BCUT2D eigenvalue weighted by Gasteiger charge is -2.22. The van der Waals surface area contributed by atoms with Gasteiger partial charge in [-0.3, -0.25) is 4.57 Å². The van der Waals surface area contributed by atoms with Crippen molar-refractivity contribution in [2.45, 2.75) is 32.2 Å². The van der Waals surface area contributed by atoms with Gasteiger partial charge >= 0.3 is 0 Å². The molecule has 1 aliphatic heterocycles. The zero-order valence-electron chi connectivity index (χ0n) is 17.9. The average molecular weight is 447 g/mol. The number of aromatic nitrogens is 6. The normalized spacial score (nSPS) is 15.8. The minimum atomic E-state index is 0.232. The molecule has 1 aromatic carbocycles. The fraction of sp³-hybridized carbons (Fsp3) is 0.250. The SMILES string of the molecule is COc1cc(C=Cc2nc3n(n2)CCC[C@@H]3c2ccc(Cl)cc2)cnc1-n1cnc(C)c1.